The average Bonchev–Trinajstić information content (AvgIpc) is 3.86. The lowest BCUT2D eigenvalue weighted by molar-refractivity contribution is 1.17. The zero-order chi connectivity index (χ0) is 41.1. The van der Waals surface area contributed by atoms with Crippen molar-refractivity contribution in [2.75, 3.05) is 4.90 Å². The van der Waals surface area contributed by atoms with Gasteiger partial charge in [-0.1, -0.05) is 158 Å². The van der Waals surface area contributed by atoms with Crippen LogP contribution in [0, 0.1) is 0 Å². The highest BCUT2D eigenvalue weighted by Gasteiger charge is 2.21. The van der Waals surface area contributed by atoms with Crippen LogP contribution in [0.2, 0.25) is 0 Å². The van der Waals surface area contributed by atoms with Crippen LogP contribution in [-0.4, -0.2) is 9.13 Å². The first kappa shape index (κ1) is 37.4. The molecule has 0 fully saturated rings. The Bertz CT molecular complexity index is 3260. The maximum Gasteiger partial charge on any atom is 0.0641 e. The SMILES string of the molecule is C/C=C\C.c1ccc(-c2ccc(N(c3ccccc3)c3ccc(-c4ccc(-n5c6ccccc6c6ccc7c(c8ccccc8n7-c7ccccc7)c65)cc4)cc3)cc2)cc1. The molecule has 0 N–H and O–H groups in total. The van der Waals surface area contributed by atoms with Crippen molar-refractivity contribution >= 4 is 60.7 Å². The number of anilines is 3. The number of allylic oxidation sites excluding steroid dienone is 2. The summed E-state index contributed by atoms with van der Waals surface area (Å²) in [4.78, 5) is 2.32. The minimum Gasteiger partial charge on any atom is -0.311 e. The van der Waals surface area contributed by atoms with E-state index in [0.717, 1.165) is 28.4 Å². The molecule has 0 unspecified atom stereocenters. The van der Waals surface area contributed by atoms with Crippen LogP contribution in [0.15, 0.2) is 237 Å². The van der Waals surface area contributed by atoms with Crippen molar-refractivity contribution in [2.24, 2.45) is 0 Å². The molecular weight excluding hydrogens is 739 g/mol. The third-order valence-electron chi connectivity index (χ3n) is 11.6. The molecule has 61 heavy (non-hydrogen) atoms. The zero-order valence-electron chi connectivity index (χ0n) is 34.4. The maximum absolute atomic E-state index is 2.46. The van der Waals surface area contributed by atoms with Crippen LogP contribution in [0.1, 0.15) is 13.8 Å². The van der Waals surface area contributed by atoms with Crippen molar-refractivity contribution in [3.05, 3.63) is 237 Å². The molecule has 3 heteroatoms. The topological polar surface area (TPSA) is 13.1 Å². The molecule has 0 bridgehead atoms. The third kappa shape index (κ3) is 6.86. The van der Waals surface area contributed by atoms with Gasteiger partial charge in [-0.25, -0.2) is 0 Å². The zero-order valence-corrected chi connectivity index (χ0v) is 34.4. The Morgan fingerprint density at radius 1 is 0.311 bits per heavy atom. The highest BCUT2D eigenvalue weighted by atomic mass is 15.1. The van der Waals surface area contributed by atoms with E-state index in [-0.39, 0.29) is 0 Å². The fourth-order valence-corrected chi connectivity index (χ4v) is 8.70. The van der Waals surface area contributed by atoms with Gasteiger partial charge in [-0.3, -0.25) is 0 Å². The fourth-order valence-electron chi connectivity index (χ4n) is 8.70. The lowest BCUT2D eigenvalue weighted by atomic mass is 10.0. The lowest BCUT2D eigenvalue weighted by Crippen LogP contribution is -2.09. The van der Waals surface area contributed by atoms with E-state index < -0.39 is 0 Å². The Morgan fingerprint density at radius 3 is 1.31 bits per heavy atom. The van der Waals surface area contributed by atoms with E-state index in [1.54, 1.807) is 0 Å². The van der Waals surface area contributed by atoms with E-state index in [4.69, 9.17) is 0 Å². The number of hydrogen-bond acceptors (Lipinski definition) is 1. The average molecular weight is 784 g/mol. The van der Waals surface area contributed by atoms with Crippen molar-refractivity contribution in [1.82, 2.24) is 9.13 Å². The maximum atomic E-state index is 2.46. The normalized spacial score (nSPS) is 11.4. The summed E-state index contributed by atoms with van der Waals surface area (Å²) in [6, 6.07) is 80.9. The predicted molar refractivity (Wildman–Crippen MR) is 261 cm³/mol. The quantitative estimate of drug-likeness (QED) is 0.147. The molecule has 0 saturated heterocycles. The molecule has 0 aliphatic rings. The first-order valence-electron chi connectivity index (χ1n) is 21.0. The molecule has 0 aliphatic heterocycles. The standard InChI is InChI=1S/C54H37N3.C4H8/c1-4-14-38(15-5-1)39-24-30-44(31-25-39)55(42-16-6-2-7-17-42)45-32-26-40(27-33-45)41-28-34-46(35-29-41)57-50-22-12-10-20-47(50)48-36-37-52-53(54(48)57)49-21-11-13-23-51(49)56(52)43-18-8-3-9-19-43;1-3-4-2/h1-37H;3-4H,1-2H3/b;4-3-. The summed E-state index contributed by atoms with van der Waals surface area (Å²) in [7, 11) is 0. The molecule has 0 atom stereocenters. The van der Waals surface area contributed by atoms with Gasteiger partial charge in [0.15, 0.2) is 0 Å². The van der Waals surface area contributed by atoms with Crippen LogP contribution in [0.25, 0.3) is 77.2 Å². The minimum absolute atomic E-state index is 1.11. The second kappa shape index (κ2) is 16.4. The van der Waals surface area contributed by atoms with Gasteiger partial charge >= 0.3 is 0 Å². The summed E-state index contributed by atoms with van der Waals surface area (Å²) < 4.78 is 4.86. The largest absolute Gasteiger partial charge is 0.311 e. The van der Waals surface area contributed by atoms with Gasteiger partial charge in [0, 0.05) is 50.0 Å². The molecule has 0 spiro atoms. The molecule has 9 aromatic carbocycles. The van der Waals surface area contributed by atoms with Gasteiger partial charge in [0.05, 0.1) is 22.1 Å². The molecule has 11 rings (SSSR count). The first-order chi connectivity index (χ1) is 30.2. The van der Waals surface area contributed by atoms with Gasteiger partial charge in [-0.2, -0.15) is 0 Å². The van der Waals surface area contributed by atoms with Crippen molar-refractivity contribution < 1.29 is 0 Å². The van der Waals surface area contributed by atoms with E-state index in [9.17, 15) is 0 Å². The van der Waals surface area contributed by atoms with E-state index in [2.05, 4.69) is 238 Å². The van der Waals surface area contributed by atoms with Crippen LogP contribution < -0.4 is 4.90 Å². The van der Waals surface area contributed by atoms with Crippen molar-refractivity contribution in [3.8, 4) is 33.6 Å². The number of benzene rings is 9. The van der Waals surface area contributed by atoms with E-state index >= 15 is 0 Å². The second-order valence-corrected chi connectivity index (χ2v) is 15.2. The summed E-state index contributed by atoms with van der Waals surface area (Å²) in [6.45, 7) is 4.00. The Balaban J connectivity index is 0.00000107. The van der Waals surface area contributed by atoms with Crippen molar-refractivity contribution in [2.45, 2.75) is 13.8 Å². The summed E-state index contributed by atoms with van der Waals surface area (Å²) in [5.74, 6) is 0. The predicted octanol–water partition coefficient (Wildman–Crippen LogP) is 16.3. The number of aromatic nitrogens is 2. The van der Waals surface area contributed by atoms with Gasteiger partial charge in [0.2, 0.25) is 0 Å². The number of rotatable bonds is 7. The van der Waals surface area contributed by atoms with Gasteiger partial charge in [0.1, 0.15) is 0 Å². The molecule has 292 valence electrons. The Kier molecular flexibility index (Phi) is 10.1. The highest BCUT2D eigenvalue weighted by Crippen LogP contribution is 2.42. The number of hydrogen-bond donors (Lipinski definition) is 0. The molecule has 0 saturated carbocycles. The molecule has 2 aromatic heterocycles. The highest BCUT2D eigenvalue weighted by molar-refractivity contribution is 6.26. The van der Waals surface area contributed by atoms with E-state index in [0.29, 0.717) is 0 Å². The Hall–Kier alpha value is -7.88. The van der Waals surface area contributed by atoms with Crippen LogP contribution >= 0.6 is 0 Å². The van der Waals surface area contributed by atoms with Gasteiger partial charge in [-0.15, -0.1) is 0 Å². The monoisotopic (exact) mass is 783 g/mol. The number of para-hydroxylation sites is 4. The smallest absolute Gasteiger partial charge is 0.0641 e. The Morgan fingerprint density at radius 2 is 0.738 bits per heavy atom. The second-order valence-electron chi connectivity index (χ2n) is 15.2. The summed E-state index contributed by atoms with van der Waals surface area (Å²) >= 11 is 0. The fraction of sp³-hybridized carbons (Fsp3) is 0.0345. The van der Waals surface area contributed by atoms with Crippen molar-refractivity contribution in [1.29, 1.82) is 0 Å². The van der Waals surface area contributed by atoms with Crippen LogP contribution in [0.5, 0.6) is 0 Å². The van der Waals surface area contributed by atoms with Crippen molar-refractivity contribution in [3.63, 3.8) is 0 Å². The van der Waals surface area contributed by atoms with Crippen LogP contribution in [0.3, 0.4) is 0 Å². The van der Waals surface area contributed by atoms with Gasteiger partial charge < -0.3 is 14.0 Å². The molecule has 3 nitrogen and oxygen atoms in total. The van der Waals surface area contributed by atoms with E-state index in [1.165, 1.54) is 65.9 Å². The summed E-state index contributed by atoms with van der Waals surface area (Å²) in [5, 5.41) is 5.02. The molecule has 0 amide bonds. The lowest BCUT2D eigenvalue weighted by Gasteiger charge is -2.26. The third-order valence-corrected chi connectivity index (χ3v) is 11.6. The van der Waals surface area contributed by atoms with Gasteiger partial charge in [0.25, 0.3) is 0 Å². The van der Waals surface area contributed by atoms with Gasteiger partial charge in [-0.05, 0) is 115 Å². The number of fused-ring (bicyclic) bond motifs is 7. The number of nitrogens with zero attached hydrogens (tertiary/aromatic N) is 3. The Labute approximate surface area is 357 Å². The summed E-state index contributed by atoms with van der Waals surface area (Å²) in [6.07, 6.45) is 4.00. The minimum atomic E-state index is 1.11. The van der Waals surface area contributed by atoms with Crippen LogP contribution in [0.4, 0.5) is 17.1 Å². The van der Waals surface area contributed by atoms with E-state index in [1.807, 2.05) is 26.0 Å². The molecule has 0 radical (unpaired) electrons. The molecule has 11 aromatic rings. The summed E-state index contributed by atoms with van der Waals surface area (Å²) in [5.41, 5.74) is 15.3. The molecule has 2 heterocycles. The van der Waals surface area contributed by atoms with Crippen LogP contribution in [-0.2, 0) is 0 Å². The molecule has 0 aliphatic carbocycles. The first-order valence-corrected chi connectivity index (χ1v) is 21.0. The molecular formula is C58H45N3.